The number of hydrogen-bond donors (Lipinski definition) is 4. The lowest BCUT2D eigenvalue weighted by atomic mass is 9.44. The minimum absolute atomic E-state index is 0.0229. The van der Waals surface area contributed by atoms with Crippen molar-refractivity contribution in [3.8, 4) is 11.5 Å². The van der Waals surface area contributed by atoms with Gasteiger partial charge in [0.2, 0.25) is 0 Å². The molecule has 158 valence electrons. The molecule has 0 heterocycles. The van der Waals surface area contributed by atoms with Crippen molar-refractivity contribution in [1.82, 2.24) is 0 Å². The predicted octanol–water partition coefficient (Wildman–Crippen LogP) is 3.06. The van der Waals surface area contributed by atoms with E-state index < -0.39 is 23.1 Å². The van der Waals surface area contributed by atoms with Crippen LogP contribution >= 0.6 is 0 Å². The predicted molar refractivity (Wildman–Crippen MR) is 107 cm³/mol. The van der Waals surface area contributed by atoms with Crippen molar-refractivity contribution in [3.05, 3.63) is 34.9 Å². The highest BCUT2D eigenvalue weighted by atomic mass is 16.6. The van der Waals surface area contributed by atoms with Crippen molar-refractivity contribution in [2.24, 2.45) is 22.7 Å². The molecule has 3 aliphatic carbocycles. The van der Waals surface area contributed by atoms with E-state index in [4.69, 9.17) is 4.74 Å². The fourth-order valence-corrected chi connectivity index (χ4v) is 6.31. The molecular formula is C23H30O6. The van der Waals surface area contributed by atoms with E-state index in [2.05, 4.69) is 13.8 Å². The van der Waals surface area contributed by atoms with Gasteiger partial charge in [-0.15, -0.1) is 0 Å². The molecule has 0 saturated heterocycles. The van der Waals surface area contributed by atoms with Gasteiger partial charge in [-0.05, 0) is 60.6 Å². The van der Waals surface area contributed by atoms with Crippen LogP contribution in [-0.4, -0.2) is 44.7 Å². The fourth-order valence-electron chi connectivity index (χ4n) is 6.31. The van der Waals surface area contributed by atoms with E-state index in [0.29, 0.717) is 23.5 Å². The number of aliphatic hydroxyl groups excluding tert-OH is 1. The number of phenolic OH excluding ortho intramolecular Hbond substituents is 2. The third-order valence-corrected chi connectivity index (χ3v) is 7.67. The smallest absolute Gasteiger partial charge is 0.342 e. The zero-order valence-electron chi connectivity index (χ0n) is 17.4. The number of aliphatic hydroxyl groups is 2. The van der Waals surface area contributed by atoms with Crippen LogP contribution in [-0.2, 0) is 4.74 Å². The molecule has 0 aromatic heterocycles. The molecule has 6 heteroatoms. The standard InChI is InChI=1S/C23H30O6/c1-12-5-15(25)7-17(26)19(12)20(27)29-18-10-22(4)16-9-21(2,3)8-13(16)6-14(11-24)23(18,22)28/h5-7,13,16,18,24-26,28H,8-11H2,1-4H3. The first-order valence-electron chi connectivity index (χ1n) is 10.2. The molecule has 1 aromatic rings. The normalized spacial score (nSPS) is 37.2. The van der Waals surface area contributed by atoms with Crippen LogP contribution in [0.3, 0.4) is 0 Å². The van der Waals surface area contributed by atoms with Crippen LogP contribution in [0.2, 0.25) is 0 Å². The first kappa shape index (κ1) is 20.2. The van der Waals surface area contributed by atoms with E-state index in [0.717, 1.165) is 18.9 Å². The maximum absolute atomic E-state index is 12.8. The minimum atomic E-state index is -1.42. The van der Waals surface area contributed by atoms with Gasteiger partial charge in [0.1, 0.15) is 28.8 Å². The van der Waals surface area contributed by atoms with Crippen LogP contribution in [0.25, 0.3) is 0 Å². The summed E-state index contributed by atoms with van der Waals surface area (Å²) in [4.78, 5) is 12.8. The van der Waals surface area contributed by atoms with Gasteiger partial charge in [-0.2, -0.15) is 0 Å². The highest BCUT2D eigenvalue weighted by Crippen LogP contribution is 2.68. The summed E-state index contributed by atoms with van der Waals surface area (Å²) in [6, 6.07) is 2.47. The van der Waals surface area contributed by atoms with Gasteiger partial charge in [0.15, 0.2) is 0 Å². The molecule has 2 saturated carbocycles. The van der Waals surface area contributed by atoms with Crippen molar-refractivity contribution in [1.29, 1.82) is 0 Å². The molecular weight excluding hydrogens is 372 g/mol. The summed E-state index contributed by atoms with van der Waals surface area (Å²) in [6.45, 7) is 7.80. The molecule has 0 bridgehead atoms. The third-order valence-electron chi connectivity index (χ3n) is 7.67. The lowest BCUT2D eigenvalue weighted by Crippen LogP contribution is -2.73. The molecule has 5 unspecified atom stereocenters. The zero-order valence-corrected chi connectivity index (χ0v) is 17.4. The van der Waals surface area contributed by atoms with Gasteiger partial charge in [-0.1, -0.05) is 26.8 Å². The number of carbonyl (C=O) groups is 1. The summed E-state index contributed by atoms with van der Waals surface area (Å²) in [7, 11) is 0. The zero-order chi connectivity index (χ0) is 21.4. The summed E-state index contributed by atoms with van der Waals surface area (Å²) in [6.07, 6.45) is 3.68. The Hall–Kier alpha value is -2.05. The van der Waals surface area contributed by atoms with E-state index in [-0.39, 0.29) is 35.0 Å². The Morgan fingerprint density at radius 1 is 1.17 bits per heavy atom. The summed E-state index contributed by atoms with van der Waals surface area (Å²) in [5.74, 6) is -0.680. The molecule has 6 nitrogen and oxygen atoms in total. The first-order chi connectivity index (χ1) is 13.4. The summed E-state index contributed by atoms with van der Waals surface area (Å²) >= 11 is 0. The number of benzene rings is 1. The lowest BCUT2D eigenvalue weighted by Gasteiger charge is -2.65. The number of fused-ring (bicyclic) bond motifs is 3. The number of hydrogen-bond acceptors (Lipinski definition) is 6. The third kappa shape index (κ3) is 2.72. The number of rotatable bonds is 3. The molecule has 0 aliphatic heterocycles. The Morgan fingerprint density at radius 2 is 1.86 bits per heavy atom. The average Bonchev–Trinajstić information content (AvgIpc) is 2.91. The molecule has 1 aromatic carbocycles. The van der Waals surface area contributed by atoms with Crippen LogP contribution in [0.15, 0.2) is 23.8 Å². The van der Waals surface area contributed by atoms with Gasteiger partial charge in [0.25, 0.3) is 0 Å². The molecule has 0 amide bonds. The van der Waals surface area contributed by atoms with E-state index in [1.54, 1.807) is 6.92 Å². The lowest BCUT2D eigenvalue weighted by molar-refractivity contribution is -0.250. The summed E-state index contributed by atoms with van der Waals surface area (Å²) in [5, 5.41) is 41.4. The quantitative estimate of drug-likeness (QED) is 0.457. The van der Waals surface area contributed by atoms with Gasteiger partial charge < -0.3 is 25.2 Å². The van der Waals surface area contributed by atoms with Crippen LogP contribution in [0.4, 0.5) is 0 Å². The van der Waals surface area contributed by atoms with E-state index in [9.17, 15) is 25.2 Å². The number of allylic oxidation sites excluding steroid dienone is 1. The monoisotopic (exact) mass is 402 g/mol. The van der Waals surface area contributed by atoms with Crippen molar-refractivity contribution in [2.45, 2.75) is 58.7 Å². The minimum Gasteiger partial charge on any atom is -0.508 e. The fraction of sp³-hybridized carbons (Fsp3) is 0.609. The van der Waals surface area contributed by atoms with Crippen LogP contribution < -0.4 is 0 Å². The Bertz CT molecular complexity index is 880. The molecule has 29 heavy (non-hydrogen) atoms. The van der Waals surface area contributed by atoms with Crippen molar-refractivity contribution in [3.63, 3.8) is 0 Å². The highest BCUT2D eigenvalue weighted by Gasteiger charge is 2.72. The maximum Gasteiger partial charge on any atom is 0.342 e. The van der Waals surface area contributed by atoms with Crippen molar-refractivity contribution < 1.29 is 30.0 Å². The van der Waals surface area contributed by atoms with Gasteiger partial charge in [0, 0.05) is 11.5 Å². The average molecular weight is 402 g/mol. The van der Waals surface area contributed by atoms with Gasteiger partial charge in [-0.3, -0.25) is 0 Å². The largest absolute Gasteiger partial charge is 0.508 e. The number of esters is 1. The van der Waals surface area contributed by atoms with Crippen LogP contribution in [0.5, 0.6) is 11.5 Å². The van der Waals surface area contributed by atoms with E-state index in [1.165, 1.54) is 6.07 Å². The Kier molecular flexibility index (Phi) is 4.34. The molecule has 4 N–H and O–H groups in total. The van der Waals surface area contributed by atoms with Crippen LogP contribution in [0, 0.1) is 29.6 Å². The van der Waals surface area contributed by atoms with Crippen LogP contribution in [0.1, 0.15) is 56.0 Å². The number of aryl methyl sites for hydroxylation is 1. The molecule has 2 fully saturated rings. The summed E-state index contributed by atoms with van der Waals surface area (Å²) in [5.41, 5.74) is -0.841. The second kappa shape index (κ2) is 6.22. The highest BCUT2D eigenvalue weighted by molar-refractivity contribution is 5.94. The Morgan fingerprint density at radius 3 is 2.48 bits per heavy atom. The van der Waals surface area contributed by atoms with Crippen molar-refractivity contribution >= 4 is 5.97 Å². The topological polar surface area (TPSA) is 107 Å². The number of ether oxygens (including phenoxy) is 1. The Balaban J connectivity index is 1.64. The second-order valence-electron chi connectivity index (χ2n) is 10.1. The molecule has 5 atom stereocenters. The molecule has 0 spiro atoms. The van der Waals surface area contributed by atoms with Gasteiger partial charge >= 0.3 is 5.97 Å². The summed E-state index contributed by atoms with van der Waals surface area (Å²) < 4.78 is 5.66. The van der Waals surface area contributed by atoms with Gasteiger partial charge in [-0.25, -0.2) is 4.79 Å². The van der Waals surface area contributed by atoms with Crippen molar-refractivity contribution in [2.75, 3.05) is 6.61 Å². The molecule has 3 aliphatic rings. The second-order valence-corrected chi connectivity index (χ2v) is 10.1. The Labute approximate surface area is 170 Å². The number of carbonyl (C=O) groups excluding carboxylic acids is 1. The first-order valence-corrected chi connectivity index (χ1v) is 10.2. The maximum atomic E-state index is 12.8. The SMILES string of the molecule is Cc1cc(O)cc(O)c1C(=O)OC1CC2(C)C3CC(C)(C)CC3C=C(CO)C12O. The molecule has 4 rings (SSSR count). The number of phenols is 2. The van der Waals surface area contributed by atoms with Gasteiger partial charge in [0.05, 0.1) is 6.61 Å². The number of aromatic hydroxyl groups is 2. The van der Waals surface area contributed by atoms with E-state index >= 15 is 0 Å². The molecule has 0 radical (unpaired) electrons. The van der Waals surface area contributed by atoms with E-state index in [1.807, 2.05) is 13.0 Å².